The Kier molecular flexibility index (Phi) is 9.27. The third kappa shape index (κ3) is 6.95. The molecular formula is C26H26N8O6S2. The first-order chi connectivity index (χ1) is 19.9. The Labute approximate surface area is 247 Å². The Morgan fingerprint density at radius 2 is 1.86 bits per heavy atom. The van der Waals surface area contributed by atoms with Gasteiger partial charge >= 0.3 is 0 Å². The number of carbonyl (C=O) groups excluding carboxylic acids is 2. The summed E-state index contributed by atoms with van der Waals surface area (Å²) >= 11 is 2.35. The molecule has 0 aliphatic carbocycles. The summed E-state index contributed by atoms with van der Waals surface area (Å²) in [5.74, 6) is -0.450. The fourth-order valence-electron chi connectivity index (χ4n) is 3.95. The first-order valence-electron chi connectivity index (χ1n) is 12.5. The first-order valence-corrected chi connectivity index (χ1v) is 14.4. The van der Waals surface area contributed by atoms with Crippen LogP contribution >= 0.6 is 23.1 Å². The number of thioether (sulfide) groups is 1. The number of hydrogen-bond donors (Lipinski definition) is 2. The molecular weight excluding hydrogens is 584 g/mol. The summed E-state index contributed by atoms with van der Waals surface area (Å²) in [6, 6.07) is 9.75. The molecule has 0 saturated carbocycles. The monoisotopic (exact) mass is 610 g/mol. The van der Waals surface area contributed by atoms with Crippen LogP contribution in [0.4, 0.5) is 16.5 Å². The molecule has 2 amide bonds. The maximum absolute atomic E-state index is 12.9. The number of nitro groups is 2. The number of non-ortho nitro benzene ring substituents is 1. The minimum Gasteiger partial charge on any atom is -0.342 e. The van der Waals surface area contributed by atoms with Crippen molar-refractivity contribution in [1.82, 2.24) is 25.1 Å². The van der Waals surface area contributed by atoms with Crippen LogP contribution in [0.2, 0.25) is 0 Å². The molecule has 0 unspecified atom stereocenters. The molecule has 0 aliphatic heterocycles. The van der Waals surface area contributed by atoms with Crippen LogP contribution in [0.25, 0.3) is 11.3 Å². The van der Waals surface area contributed by atoms with Crippen LogP contribution in [0.5, 0.6) is 0 Å². The van der Waals surface area contributed by atoms with Gasteiger partial charge in [-0.15, -0.1) is 21.5 Å². The highest BCUT2D eigenvalue weighted by atomic mass is 32.2. The van der Waals surface area contributed by atoms with Crippen molar-refractivity contribution in [3.63, 3.8) is 0 Å². The highest BCUT2D eigenvalue weighted by Gasteiger charge is 2.26. The van der Waals surface area contributed by atoms with Crippen LogP contribution in [0.3, 0.4) is 0 Å². The molecule has 4 aromatic rings. The molecule has 218 valence electrons. The lowest BCUT2D eigenvalue weighted by atomic mass is 10.0. The Hall–Kier alpha value is -4.70. The van der Waals surface area contributed by atoms with Gasteiger partial charge in [0.2, 0.25) is 5.91 Å². The van der Waals surface area contributed by atoms with Gasteiger partial charge in [-0.3, -0.25) is 29.8 Å². The zero-order valence-corrected chi connectivity index (χ0v) is 24.6. The number of nitrogens with zero attached hydrogens (tertiary/aromatic N) is 6. The van der Waals surface area contributed by atoms with Crippen molar-refractivity contribution >= 4 is 51.4 Å². The van der Waals surface area contributed by atoms with Crippen molar-refractivity contribution in [3.8, 4) is 11.3 Å². The zero-order valence-electron chi connectivity index (χ0n) is 22.9. The number of carbonyl (C=O) groups is 2. The number of thiazole rings is 1. The number of hydrogen-bond acceptors (Lipinski definition) is 11. The largest absolute Gasteiger partial charge is 0.342 e. The second-order valence-corrected chi connectivity index (χ2v) is 11.3. The van der Waals surface area contributed by atoms with Crippen molar-refractivity contribution in [1.29, 1.82) is 0 Å². The van der Waals surface area contributed by atoms with Gasteiger partial charge < -0.3 is 15.2 Å². The fraction of sp³-hybridized carbons (Fsp3) is 0.269. The molecule has 4 rings (SSSR count). The number of nitro benzene ring substituents is 2. The summed E-state index contributed by atoms with van der Waals surface area (Å²) in [7, 11) is 1.72. The van der Waals surface area contributed by atoms with E-state index in [1.807, 2.05) is 13.8 Å². The SMILES string of the molecule is Cc1ccc(-c2csc(NC(=O)CSc3nnc([C@H](NC(=O)c4cccc([N+](=O)[O-])c4)C(C)C)n3C)n2)cc1[N+](=O)[O-]. The smallest absolute Gasteiger partial charge is 0.272 e. The summed E-state index contributed by atoms with van der Waals surface area (Å²) < 4.78 is 1.68. The van der Waals surface area contributed by atoms with Crippen molar-refractivity contribution < 1.29 is 19.4 Å². The van der Waals surface area contributed by atoms with Gasteiger partial charge in [0.1, 0.15) is 0 Å². The molecule has 0 spiro atoms. The molecule has 2 aromatic heterocycles. The molecule has 0 saturated heterocycles. The molecule has 2 aromatic carbocycles. The van der Waals surface area contributed by atoms with Crippen molar-refractivity contribution in [2.45, 2.75) is 32.0 Å². The van der Waals surface area contributed by atoms with E-state index in [-0.39, 0.29) is 34.5 Å². The number of amides is 2. The number of aromatic nitrogens is 4. The third-order valence-corrected chi connectivity index (χ3v) is 7.98. The van der Waals surface area contributed by atoms with Gasteiger partial charge in [0.15, 0.2) is 16.1 Å². The van der Waals surface area contributed by atoms with Gasteiger partial charge in [-0.2, -0.15) is 0 Å². The lowest BCUT2D eigenvalue weighted by Crippen LogP contribution is -2.33. The van der Waals surface area contributed by atoms with Crippen molar-refractivity contribution in [2.75, 3.05) is 11.1 Å². The molecule has 2 N–H and O–H groups in total. The highest BCUT2D eigenvalue weighted by Crippen LogP contribution is 2.30. The summed E-state index contributed by atoms with van der Waals surface area (Å²) in [5.41, 5.74) is 1.58. The summed E-state index contributed by atoms with van der Waals surface area (Å²) in [5, 5.41) is 38.9. The van der Waals surface area contributed by atoms with Crippen LogP contribution < -0.4 is 10.6 Å². The van der Waals surface area contributed by atoms with E-state index in [4.69, 9.17) is 0 Å². The normalized spacial score (nSPS) is 11.7. The third-order valence-electron chi connectivity index (χ3n) is 6.20. The molecule has 16 heteroatoms. The lowest BCUT2D eigenvalue weighted by molar-refractivity contribution is -0.385. The van der Waals surface area contributed by atoms with Crippen molar-refractivity contribution in [2.24, 2.45) is 13.0 Å². The molecule has 42 heavy (non-hydrogen) atoms. The predicted molar refractivity (Wildman–Crippen MR) is 157 cm³/mol. The highest BCUT2D eigenvalue weighted by molar-refractivity contribution is 7.99. The molecule has 0 radical (unpaired) electrons. The maximum Gasteiger partial charge on any atom is 0.272 e. The lowest BCUT2D eigenvalue weighted by Gasteiger charge is -2.21. The molecule has 0 fully saturated rings. The molecule has 2 heterocycles. The van der Waals surface area contributed by atoms with E-state index in [1.54, 1.807) is 36.1 Å². The Morgan fingerprint density at radius 3 is 2.55 bits per heavy atom. The number of rotatable bonds is 11. The van der Waals surface area contributed by atoms with E-state index < -0.39 is 21.8 Å². The van der Waals surface area contributed by atoms with Crippen LogP contribution in [0.1, 0.15) is 41.6 Å². The average molecular weight is 611 g/mol. The standard InChI is InChI=1S/C26H26N8O6S2/c1-14(2)22(29-24(36)17-6-5-7-18(10-17)33(37)38)23-30-31-26(32(23)4)42-13-21(35)28-25-27-19(12-41-25)16-9-8-15(3)20(11-16)34(39)40/h5-12,14,22H,13H2,1-4H3,(H,29,36)(H,27,28,35)/t22-/m1/s1. The average Bonchev–Trinajstić information content (AvgIpc) is 3.56. The molecule has 14 nitrogen and oxygen atoms in total. The van der Waals surface area contributed by atoms with Gasteiger partial charge in [0.25, 0.3) is 17.3 Å². The summed E-state index contributed by atoms with van der Waals surface area (Å²) in [6.45, 7) is 5.45. The van der Waals surface area contributed by atoms with E-state index in [1.165, 1.54) is 41.7 Å². The molecule has 0 bridgehead atoms. The van der Waals surface area contributed by atoms with Crippen LogP contribution in [-0.2, 0) is 11.8 Å². The van der Waals surface area contributed by atoms with Gasteiger partial charge in [-0.25, -0.2) is 4.98 Å². The van der Waals surface area contributed by atoms with Gasteiger partial charge in [-0.1, -0.05) is 43.8 Å². The van der Waals surface area contributed by atoms with E-state index in [0.29, 0.717) is 32.9 Å². The Morgan fingerprint density at radius 1 is 1.10 bits per heavy atom. The quantitative estimate of drug-likeness (QED) is 0.134. The second kappa shape index (κ2) is 12.9. The Balaban J connectivity index is 1.39. The second-order valence-electron chi connectivity index (χ2n) is 9.54. The minimum absolute atomic E-state index is 0.00325. The van der Waals surface area contributed by atoms with Crippen LogP contribution in [-0.4, -0.2) is 47.2 Å². The predicted octanol–water partition coefficient (Wildman–Crippen LogP) is 4.92. The number of benzene rings is 2. The van der Waals surface area contributed by atoms with E-state index >= 15 is 0 Å². The van der Waals surface area contributed by atoms with E-state index in [2.05, 4.69) is 25.8 Å². The number of nitrogens with one attached hydrogen (secondary N) is 2. The van der Waals surface area contributed by atoms with E-state index in [0.717, 1.165) is 11.8 Å². The summed E-state index contributed by atoms with van der Waals surface area (Å²) in [4.78, 5) is 51.2. The van der Waals surface area contributed by atoms with E-state index in [9.17, 15) is 29.8 Å². The number of aryl methyl sites for hydroxylation is 1. The van der Waals surface area contributed by atoms with Gasteiger partial charge in [0, 0.05) is 47.3 Å². The zero-order chi connectivity index (χ0) is 30.6. The van der Waals surface area contributed by atoms with Crippen LogP contribution in [0, 0.1) is 33.1 Å². The van der Waals surface area contributed by atoms with Gasteiger partial charge in [-0.05, 0) is 18.9 Å². The molecule has 0 aliphatic rings. The van der Waals surface area contributed by atoms with Crippen LogP contribution in [0.15, 0.2) is 53.0 Å². The maximum atomic E-state index is 12.9. The van der Waals surface area contributed by atoms with Crippen molar-refractivity contribution in [3.05, 3.63) is 85.0 Å². The topological polar surface area (TPSA) is 188 Å². The van der Waals surface area contributed by atoms with Gasteiger partial charge in [0.05, 0.1) is 27.3 Å². The Bertz CT molecular complexity index is 1670. The minimum atomic E-state index is -0.565. The fourth-order valence-corrected chi connectivity index (χ4v) is 5.41. The first kappa shape index (κ1) is 30.3. The summed E-state index contributed by atoms with van der Waals surface area (Å²) in [6.07, 6.45) is 0. The number of anilines is 1. The molecule has 1 atom stereocenters.